The van der Waals surface area contributed by atoms with E-state index in [9.17, 15) is 4.79 Å². The molecule has 2 heterocycles. The zero-order valence-electron chi connectivity index (χ0n) is 9.29. The molecular formula is C11H12N2O3S. The first kappa shape index (κ1) is 11.8. The van der Waals surface area contributed by atoms with Crippen LogP contribution in [0, 0.1) is 0 Å². The SMILES string of the molecule is CN(CCO)C(=O)c1ncoc1-c1cccs1. The van der Waals surface area contributed by atoms with Crippen LogP contribution >= 0.6 is 11.3 Å². The molecule has 0 unspecified atom stereocenters. The lowest BCUT2D eigenvalue weighted by atomic mass is 10.2. The summed E-state index contributed by atoms with van der Waals surface area (Å²) >= 11 is 1.48. The summed E-state index contributed by atoms with van der Waals surface area (Å²) in [4.78, 5) is 18.2. The molecule has 0 atom stereocenters. The van der Waals surface area contributed by atoms with Gasteiger partial charge in [-0.25, -0.2) is 4.98 Å². The Morgan fingerprint density at radius 1 is 1.65 bits per heavy atom. The van der Waals surface area contributed by atoms with E-state index in [2.05, 4.69) is 4.98 Å². The summed E-state index contributed by atoms with van der Waals surface area (Å²) in [5.41, 5.74) is 0.281. The van der Waals surface area contributed by atoms with E-state index in [0.717, 1.165) is 4.88 Å². The molecule has 0 aliphatic rings. The number of carbonyl (C=O) groups excluding carboxylic acids is 1. The topological polar surface area (TPSA) is 66.6 Å². The van der Waals surface area contributed by atoms with Gasteiger partial charge in [0.15, 0.2) is 17.8 Å². The van der Waals surface area contributed by atoms with Crippen LogP contribution in [0.1, 0.15) is 10.5 Å². The van der Waals surface area contributed by atoms with Crippen molar-refractivity contribution in [2.24, 2.45) is 0 Å². The van der Waals surface area contributed by atoms with Gasteiger partial charge in [-0.3, -0.25) is 4.79 Å². The average molecular weight is 252 g/mol. The fraction of sp³-hybridized carbons (Fsp3) is 0.273. The molecule has 0 bridgehead atoms. The van der Waals surface area contributed by atoms with Crippen molar-refractivity contribution in [3.63, 3.8) is 0 Å². The number of hydrogen-bond acceptors (Lipinski definition) is 5. The summed E-state index contributed by atoms with van der Waals surface area (Å²) in [6.45, 7) is 0.198. The van der Waals surface area contributed by atoms with Crippen molar-refractivity contribution >= 4 is 17.2 Å². The normalized spacial score (nSPS) is 10.5. The molecule has 0 radical (unpaired) electrons. The lowest BCUT2D eigenvalue weighted by Gasteiger charge is -2.14. The van der Waals surface area contributed by atoms with Gasteiger partial charge >= 0.3 is 0 Å². The van der Waals surface area contributed by atoms with E-state index >= 15 is 0 Å². The van der Waals surface area contributed by atoms with Crippen molar-refractivity contribution in [1.29, 1.82) is 0 Å². The molecule has 0 spiro atoms. The minimum absolute atomic E-state index is 0.0750. The Morgan fingerprint density at radius 3 is 3.12 bits per heavy atom. The van der Waals surface area contributed by atoms with E-state index in [4.69, 9.17) is 9.52 Å². The minimum atomic E-state index is -0.254. The number of hydrogen-bond donors (Lipinski definition) is 1. The lowest BCUT2D eigenvalue weighted by Crippen LogP contribution is -2.30. The van der Waals surface area contributed by atoms with Gasteiger partial charge in [0.25, 0.3) is 5.91 Å². The maximum Gasteiger partial charge on any atom is 0.276 e. The summed E-state index contributed by atoms with van der Waals surface area (Å²) in [6, 6.07) is 3.75. The van der Waals surface area contributed by atoms with Gasteiger partial charge in [-0.15, -0.1) is 11.3 Å². The molecule has 2 aromatic heterocycles. The maximum atomic E-state index is 12.0. The van der Waals surface area contributed by atoms with Crippen LogP contribution in [0.3, 0.4) is 0 Å². The zero-order valence-corrected chi connectivity index (χ0v) is 10.1. The largest absolute Gasteiger partial charge is 0.442 e. The Bertz CT molecular complexity index is 493. The van der Waals surface area contributed by atoms with E-state index in [-0.39, 0.29) is 24.8 Å². The fourth-order valence-electron chi connectivity index (χ4n) is 1.41. The Kier molecular flexibility index (Phi) is 3.55. The molecule has 0 fully saturated rings. The highest BCUT2D eigenvalue weighted by Gasteiger charge is 2.21. The van der Waals surface area contributed by atoms with Gasteiger partial charge in [-0.2, -0.15) is 0 Å². The molecule has 5 nitrogen and oxygen atoms in total. The molecule has 0 saturated carbocycles. The van der Waals surface area contributed by atoms with E-state index in [0.29, 0.717) is 5.76 Å². The number of amides is 1. The van der Waals surface area contributed by atoms with Gasteiger partial charge in [-0.05, 0) is 11.4 Å². The Morgan fingerprint density at radius 2 is 2.47 bits per heavy atom. The highest BCUT2D eigenvalue weighted by atomic mass is 32.1. The van der Waals surface area contributed by atoms with Crippen LogP contribution in [0.15, 0.2) is 28.3 Å². The third kappa shape index (κ3) is 2.37. The first-order valence-corrected chi connectivity index (χ1v) is 5.95. The number of thiophene rings is 1. The second-order valence-corrected chi connectivity index (χ2v) is 4.41. The molecule has 0 saturated heterocycles. The monoisotopic (exact) mass is 252 g/mol. The van der Waals surface area contributed by atoms with Crippen LogP contribution in [-0.4, -0.2) is 41.1 Å². The van der Waals surface area contributed by atoms with Gasteiger partial charge in [0.1, 0.15) is 0 Å². The van der Waals surface area contributed by atoms with Crippen LogP contribution < -0.4 is 0 Å². The second-order valence-electron chi connectivity index (χ2n) is 3.46. The quantitative estimate of drug-likeness (QED) is 0.894. The standard InChI is InChI=1S/C11H12N2O3S/c1-13(4-5-14)11(15)9-10(16-7-12-9)8-3-2-6-17-8/h2-3,6-7,14H,4-5H2,1H3. The first-order valence-electron chi connectivity index (χ1n) is 5.07. The number of likely N-dealkylation sites (N-methyl/N-ethyl adjacent to an activating group) is 1. The van der Waals surface area contributed by atoms with Crippen LogP contribution in [0.2, 0.25) is 0 Å². The van der Waals surface area contributed by atoms with Crippen molar-refractivity contribution in [2.75, 3.05) is 20.2 Å². The smallest absolute Gasteiger partial charge is 0.276 e. The van der Waals surface area contributed by atoms with E-state index < -0.39 is 0 Å². The number of carbonyl (C=O) groups is 1. The Balaban J connectivity index is 2.28. The van der Waals surface area contributed by atoms with Crippen LogP contribution in [-0.2, 0) is 0 Å². The van der Waals surface area contributed by atoms with Crippen LogP contribution in [0.4, 0.5) is 0 Å². The molecule has 17 heavy (non-hydrogen) atoms. The lowest BCUT2D eigenvalue weighted by molar-refractivity contribution is 0.0762. The van der Waals surface area contributed by atoms with Gasteiger partial charge in [0.2, 0.25) is 0 Å². The molecule has 2 rings (SSSR count). The van der Waals surface area contributed by atoms with E-state index in [1.807, 2.05) is 17.5 Å². The second kappa shape index (κ2) is 5.11. The van der Waals surface area contributed by atoms with Crippen LogP contribution in [0.25, 0.3) is 10.6 Å². The van der Waals surface area contributed by atoms with Crippen molar-refractivity contribution in [2.45, 2.75) is 0 Å². The van der Waals surface area contributed by atoms with Gasteiger partial charge in [0.05, 0.1) is 11.5 Å². The first-order chi connectivity index (χ1) is 8.24. The molecular weight excluding hydrogens is 240 g/mol. The molecule has 90 valence electrons. The fourth-order valence-corrected chi connectivity index (χ4v) is 2.13. The summed E-state index contributed by atoms with van der Waals surface area (Å²) in [5, 5.41) is 10.7. The molecule has 0 aromatic carbocycles. The van der Waals surface area contributed by atoms with Gasteiger partial charge < -0.3 is 14.4 Å². The summed E-state index contributed by atoms with van der Waals surface area (Å²) < 4.78 is 5.25. The van der Waals surface area contributed by atoms with Gasteiger partial charge in [-0.1, -0.05) is 6.07 Å². The molecule has 1 N–H and O–H groups in total. The van der Waals surface area contributed by atoms with E-state index in [1.165, 1.54) is 22.6 Å². The Labute approximate surface area is 102 Å². The minimum Gasteiger partial charge on any atom is -0.442 e. The molecule has 2 aromatic rings. The number of aromatic nitrogens is 1. The summed E-state index contributed by atoms with van der Waals surface area (Å²) in [7, 11) is 1.62. The number of nitrogens with zero attached hydrogens (tertiary/aromatic N) is 2. The van der Waals surface area contributed by atoms with Crippen molar-refractivity contribution in [3.8, 4) is 10.6 Å². The zero-order chi connectivity index (χ0) is 12.3. The molecule has 6 heteroatoms. The van der Waals surface area contributed by atoms with Crippen molar-refractivity contribution < 1.29 is 14.3 Å². The van der Waals surface area contributed by atoms with Gasteiger partial charge in [0, 0.05) is 13.6 Å². The third-order valence-corrected chi connectivity index (χ3v) is 3.17. The molecule has 0 aliphatic heterocycles. The van der Waals surface area contributed by atoms with E-state index in [1.54, 1.807) is 7.05 Å². The maximum absolute atomic E-state index is 12.0. The predicted molar refractivity (Wildman–Crippen MR) is 63.9 cm³/mol. The number of aliphatic hydroxyl groups is 1. The van der Waals surface area contributed by atoms with Crippen molar-refractivity contribution in [3.05, 3.63) is 29.6 Å². The number of oxazole rings is 1. The highest BCUT2D eigenvalue weighted by molar-refractivity contribution is 7.13. The summed E-state index contributed by atoms with van der Waals surface area (Å²) in [6.07, 6.45) is 1.26. The number of aliphatic hydroxyl groups excluding tert-OH is 1. The van der Waals surface area contributed by atoms with Crippen molar-refractivity contribution in [1.82, 2.24) is 9.88 Å². The molecule has 1 amide bonds. The number of rotatable bonds is 4. The third-order valence-electron chi connectivity index (χ3n) is 2.30. The molecule has 0 aliphatic carbocycles. The average Bonchev–Trinajstić information content (AvgIpc) is 2.98. The Hall–Kier alpha value is -1.66. The summed E-state index contributed by atoms with van der Waals surface area (Å²) in [5.74, 6) is 0.228. The van der Waals surface area contributed by atoms with Crippen LogP contribution in [0.5, 0.6) is 0 Å². The highest BCUT2D eigenvalue weighted by Crippen LogP contribution is 2.27. The predicted octanol–water partition coefficient (Wildman–Crippen LogP) is 1.47.